The maximum Gasteiger partial charge on any atom is 0.291 e. The molecule has 2 aromatic carbocycles. The number of aryl methyl sites for hydroxylation is 1. The topological polar surface area (TPSA) is 64.4 Å². The van der Waals surface area contributed by atoms with Gasteiger partial charge in [0.1, 0.15) is 10.6 Å². The molecule has 0 bridgehead atoms. The lowest BCUT2D eigenvalue weighted by Crippen LogP contribution is -2.14. The molecular weight excluding hydrogens is 384 g/mol. The fourth-order valence-corrected chi connectivity index (χ4v) is 3.85. The molecule has 0 saturated heterocycles. The number of nitrogens with one attached hydrogen (secondary N) is 1. The lowest BCUT2D eigenvalue weighted by Gasteiger charge is -2.09. The van der Waals surface area contributed by atoms with Crippen LogP contribution in [0, 0.1) is 6.92 Å². The second-order valence-corrected chi connectivity index (χ2v) is 7.95. The summed E-state index contributed by atoms with van der Waals surface area (Å²) in [6, 6.07) is 15.3. The minimum atomic E-state index is -0.290. The van der Waals surface area contributed by atoms with Crippen molar-refractivity contribution < 1.29 is 13.9 Å². The van der Waals surface area contributed by atoms with Gasteiger partial charge in [-0.15, -0.1) is 11.3 Å². The van der Waals surface area contributed by atoms with Gasteiger partial charge in [0, 0.05) is 33.3 Å². The van der Waals surface area contributed by atoms with Crippen LogP contribution >= 0.6 is 11.3 Å². The molecule has 0 aliphatic heterocycles. The normalized spacial score (nSPS) is 11.3. The van der Waals surface area contributed by atoms with Gasteiger partial charge < -0.3 is 14.5 Å². The van der Waals surface area contributed by atoms with Gasteiger partial charge in [-0.25, -0.2) is 4.98 Å². The van der Waals surface area contributed by atoms with Crippen molar-refractivity contribution in [3.8, 4) is 10.6 Å². The molecule has 4 aromatic rings. The lowest BCUT2D eigenvalue weighted by molar-refractivity contribution is 0.0648. The Balaban J connectivity index is 1.58. The van der Waals surface area contributed by atoms with Crippen LogP contribution in [0.4, 0.5) is 5.69 Å². The highest BCUT2D eigenvalue weighted by Gasteiger charge is 2.21. The molecule has 0 fully saturated rings. The molecule has 2 heterocycles. The van der Waals surface area contributed by atoms with E-state index in [2.05, 4.69) is 10.3 Å². The zero-order valence-corrected chi connectivity index (χ0v) is 17.4. The van der Waals surface area contributed by atoms with Gasteiger partial charge in [0.25, 0.3) is 5.91 Å². The number of carbonyl (C=O) groups is 1. The Labute approximate surface area is 173 Å². The van der Waals surface area contributed by atoms with Crippen LogP contribution in [0.3, 0.4) is 0 Å². The average Bonchev–Trinajstić information content (AvgIpc) is 3.30. The Hall–Kier alpha value is -2.96. The zero-order chi connectivity index (χ0) is 20.4. The number of nitrogens with zero attached hydrogens (tertiary/aromatic N) is 1. The van der Waals surface area contributed by atoms with Crippen molar-refractivity contribution in [2.45, 2.75) is 33.5 Å². The van der Waals surface area contributed by atoms with Gasteiger partial charge in [-0.05, 0) is 51.1 Å². The van der Waals surface area contributed by atoms with Gasteiger partial charge in [0.15, 0.2) is 5.76 Å². The molecule has 148 valence electrons. The summed E-state index contributed by atoms with van der Waals surface area (Å²) in [4.78, 5) is 17.4. The number of ether oxygens (including phenoxy) is 1. The van der Waals surface area contributed by atoms with Crippen LogP contribution in [0.1, 0.15) is 35.7 Å². The minimum Gasteiger partial charge on any atom is -0.451 e. The number of furan rings is 1. The summed E-state index contributed by atoms with van der Waals surface area (Å²) in [5.41, 5.74) is 4.17. The van der Waals surface area contributed by atoms with Crippen LogP contribution in [-0.2, 0) is 11.3 Å². The number of rotatable bonds is 6. The highest BCUT2D eigenvalue weighted by Crippen LogP contribution is 2.29. The van der Waals surface area contributed by atoms with Gasteiger partial charge in [0.2, 0.25) is 0 Å². The van der Waals surface area contributed by atoms with E-state index in [0.717, 1.165) is 27.2 Å². The van der Waals surface area contributed by atoms with Crippen molar-refractivity contribution in [3.63, 3.8) is 0 Å². The number of hydrogen-bond acceptors (Lipinski definition) is 5. The van der Waals surface area contributed by atoms with Crippen molar-refractivity contribution in [2.75, 3.05) is 5.32 Å². The first-order chi connectivity index (χ1) is 14.0. The third-order valence-electron chi connectivity index (χ3n) is 4.47. The van der Waals surface area contributed by atoms with Crippen molar-refractivity contribution in [1.29, 1.82) is 0 Å². The van der Waals surface area contributed by atoms with E-state index in [4.69, 9.17) is 9.15 Å². The van der Waals surface area contributed by atoms with Crippen molar-refractivity contribution >= 4 is 33.9 Å². The van der Waals surface area contributed by atoms with Crippen LogP contribution in [0.25, 0.3) is 21.5 Å². The molecule has 2 aromatic heterocycles. The first-order valence-electron chi connectivity index (χ1n) is 9.47. The molecule has 0 aliphatic rings. The fraction of sp³-hybridized carbons (Fsp3) is 0.217. The summed E-state index contributed by atoms with van der Waals surface area (Å²) in [7, 11) is 0. The van der Waals surface area contributed by atoms with E-state index in [1.54, 1.807) is 11.3 Å². The summed E-state index contributed by atoms with van der Waals surface area (Å²) in [6.45, 7) is 6.23. The Morgan fingerprint density at radius 1 is 1.17 bits per heavy atom. The summed E-state index contributed by atoms with van der Waals surface area (Å²) < 4.78 is 11.6. The molecule has 6 heteroatoms. The number of benzene rings is 2. The van der Waals surface area contributed by atoms with Crippen LogP contribution < -0.4 is 5.32 Å². The molecule has 1 N–H and O–H groups in total. The molecule has 5 nitrogen and oxygen atoms in total. The maximum absolute atomic E-state index is 12.9. The standard InChI is InChI=1S/C23H22N2O3S/c1-14(2)27-12-19-18-6-4-5-7-20(18)28-21(19)22(26)25-17-10-8-16(9-11-17)23-24-15(3)13-29-23/h4-11,13-14H,12H2,1-3H3,(H,25,26). The third-order valence-corrected chi connectivity index (χ3v) is 5.48. The Morgan fingerprint density at radius 2 is 1.93 bits per heavy atom. The monoisotopic (exact) mass is 406 g/mol. The SMILES string of the molecule is Cc1csc(-c2ccc(NC(=O)c3oc4ccccc4c3COC(C)C)cc2)n1. The summed E-state index contributed by atoms with van der Waals surface area (Å²) in [5.74, 6) is -0.00660. The van der Waals surface area contributed by atoms with E-state index in [0.29, 0.717) is 17.9 Å². The van der Waals surface area contributed by atoms with Crippen molar-refractivity contribution in [2.24, 2.45) is 0 Å². The van der Waals surface area contributed by atoms with Gasteiger partial charge in [-0.3, -0.25) is 4.79 Å². The molecule has 29 heavy (non-hydrogen) atoms. The van der Waals surface area contributed by atoms with Gasteiger partial charge in [0.05, 0.1) is 12.7 Å². The highest BCUT2D eigenvalue weighted by molar-refractivity contribution is 7.13. The molecule has 0 radical (unpaired) electrons. The largest absolute Gasteiger partial charge is 0.451 e. The van der Waals surface area contributed by atoms with Crippen molar-refractivity contribution in [3.05, 3.63) is 70.9 Å². The van der Waals surface area contributed by atoms with Gasteiger partial charge in [-0.1, -0.05) is 18.2 Å². The number of amides is 1. The number of fused-ring (bicyclic) bond motifs is 1. The number of carbonyl (C=O) groups excluding carboxylic acids is 1. The van der Waals surface area contributed by atoms with Gasteiger partial charge in [-0.2, -0.15) is 0 Å². The molecule has 0 unspecified atom stereocenters. The lowest BCUT2D eigenvalue weighted by atomic mass is 10.1. The summed E-state index contributed by atoms with van der Waals surface area (Å²) in [6.07, 6.45) is 0.0571. The fourth-order valence-electron chi connectivity index (χ4n) is 3.05. The number of anilines is 1. The summed E-state index contributed by atoms with van der Waals surface area (Å²) >= 11 is 1.60. The van der Waals surface area contributed by atoms with E-state index in [-0.39, 0.29) is 17.8 Å². The number of aromatic nitrogens is 1. The Bertz CT molecular complexity index is 1140. The Kier molecular flexibility index (Phi) is 5.47. The first kappa shape index (κ1) is 19.4. The number of hydrogen-bond donors (Lipinski definition) is 1. The van der Waals surface area contributed by atoms with Gasteiger partial charge >= 0.3 is 0 Å². The summed E-state index contributed by atoms with van der Waals surface area (Å²) in [5, 5.41) is 6.81. The molecule has 4 rings (SSSR count). The first-order valence-corrected chi connectivity index (χ1v) is 10.3. The second-order valence-electron chi connectivity index (χ2n) is 7.09. The van der Waals surface area contributed by atoms with E-state index in [9.17, 15) is 4.79 Å². The third kappa shape index (κ3) is 4.23. The van der Waals surface area contributed by atoms with Crippen molar-refractivity contribution in [1.82, 2.24) is 4.98 Å². The average molecular weight is 407 g/mol. The van der Waals surface area contributed by atoms with E-state index < -0.39 is 0 Å². The molecule has 0 atom stereocenters. The zero-order valence-electron chi connectivity index (χ0n) is 16.6. The minimum absolute atomic E-state index is 0.0571. The second kappa shape index (κ2) is 8.19. The molecule has 1 amide bonds. The molecular formula is C23H22N2O3S. The predicted octanol–water partition coefficient (Wildman–Crippen LogP) is 6.04. The quantitative estimate of drug-likeness (QED) is 0.424. The molecule has 0 aliphatic carbocycles. The smallest absolute Gasteiger partial charge is 0.291 e. The van der Waals surface area contributed by atoms with E-state index >= 15 is 0 Å². The molecule has 0 saturated carbocycles. The van der Waals surface area contributed by atoms with Crippen LogP contribution in [0.15, 0.2) is 58.3 Å². The van der Waals surface area contributed by atoms with E-state index in [1.807, 2.05) is 74.7 Å². The van der Waals surface area contributed by atoms with Crippen LogP contribution in [-0.4, -0.2) is 17.0 Å². The van der Waals surface area contributed by atoms with Crippen LogP contribution in [0.2, 0.25) is 0 Å². The Morgan fingerprint density at radius 3 is 2.62 bits per heavy atom. The van der Waals surface area contributed by atoms with Crippen LogP contribution in [0.5, 0.6) is 0 Å². The highest BCUT2D eigenvalue weighted by atomic mass is 32.1. The maximum atomic E-state index is 12.9. The molecule has 0 spiro atoms. The predicted molar refractivity (Wildman–Crippen MR) is 116 cm³/mol. The number of para-hydroxylation sites is 1. The van der Waals surface area contributed by atoms with E-state index in [1.165, 1.54) is 0 Å². The number of thiazole rings is 1.